The van der Waals surface area contributed by atoms with Crippen LogP contribution in [0, 0.1) is 0 Å². The Morgan fingerprint density at radius 2 is 1.88 bits per heavy atom. The molecule has 0 aromatic carbocycles. The van der Waals surface area contributed by atoms with Crippen molar-refractivity contribution < 1.29 is 23.9 Å². The molecule has 0 unspecified atom stereocenters. The van der Waals surface area contributed by atoms with Crippen molar-refractivity contribution in [2.24, 2.45) is 0 Å². The quantitative estimate of drug-likeness (QED) is 0.597. The Labute approximate surface area is 93.5 Å². The molecule has 0 bridgehead atoms. The first-order chi connectivity index (χ1) is 7.60. The van der Waals surface area contributed by atoms with Gasteiger partial charge in [-0.05, 0) is 6.92 Å². The molecule has 0 atom stereocenters. The second-order valence-electron chi connectivity index (χ2n) is 2.75. The number of ether oxygens (including phenoxy) is 2. The van der Waals surface area contributed by atoms with Crippen LogP contribution < -0.4 is 10.6 Å². The minimum absolute atomic E-state index is 0.0792. The number of hydrogen-bond acceptors (Lipinski definition) is 5. The van der Waals surface area contributed by atoms with E-state index in [0.717, 1.165) is 0 Å². The topological polar surface area (TPSA) is 93.7 Å². The fraction of sp³-hybridized carbons (Fsp3) is 0.667. The maximum absolute atomic E-state index is 11.1. The molecule has 7 heteroatoms. The molecule has 0 spiro atoms. The van der Waals surface area contributed by atoms with Gasteiger partial charge in [-0.2, -0.15) is 0 Å². The van der Waals surface area contributed by atoms with Crippen LogP contribution in [0.5, 0.6) is 0 Å². The third-order valence-corrected chi connectivity index (χ3v) is 1.55. The van der Waals surface area contributed by atoms with Crippen LogP contribution in [0.25, 0.3) is 0 Å². The molecule has 0 aromatic rings. The summed E-state index contributed by atoms with van der Waals surface area (Å²) in [5, 5.41) is 4.71. The normalized spacial score (nSPS) is 9.12. The van der Waals surface area contributed by atoms with E-state index in [9.17, 15) is 14.4 Å². The largest absolute Gasteiger partial charge is 0.468 e. The summed E-state index contributed by atoms with van der Waals surface area (Å²) in [6.45, 7) is 1.95. The molecule has 0 saturated heterocycles. The highest BCUT2D eigenvalue weighted by Gasteiger charge is 2.06. The average Bonchev–Trinajstić information content (AvgIpc) is 2.26. The molecular formula is C9H16N2O5. The Bertz CT molecular complexity index is 254. The summed E-state index contributed by atoms with van der Waals surface area (Å²) in [7, 11) is 1.23. The number of nitrogens with one attached hydrogen (secondary N) is 2. The van der Waals surface area contributed by atoms with Gasteiger partial charge in [0.1, 0.15) is 6.54 Å². The molecule has 16 heavy (non-hydrogen) atoms. The van der Waals surface area contributed by atoms with Crippen LogP contribution in [0.4, 0.5) is 4.79 Å². The van der Waals surface area contributed by atoms with Gasteiger partial charge < -0.3 is 20.1 Å². The fourth-order valence-corrected chi connectivity index (χ4v) is 0.792. The molecule has 0 heterocycles. The van der Waals surface area contributed by atoms with Gasteiger partial charge in [0.15, 0.2) is 0 Å². The standard InChI is InChI=1S/C9H16N2O5/c1-3-16-9(14)10-5-4-7(12)11-6-8(13)15-2/h3-6H2,1-2H3,(H,10,14)(H,11,12). The Kier molecular flexibility index (Phi) is 7.56. The number of esters is 1. The second kappa shape index (κ2) is 8.51. The van der Waals surface area contributed by atoms with E-state index in [-0.39, 0.29) is 32.0 Å². The summed E-state index contributed by atoms with van der Waals surface area (Å²) in [5.41, 5.74) is 0. The van der Waals surface area contributed by atoms with E-state index in [1.165, 1.54) is 7.11 Å². The molecule has 2 N–H and O–H groups in total. The molecule has 0 aromatic heterocycles. The molecular weight excluding hydrogens is 216 g/mol. The SMILES string of the molecule is CCOC(=O)NCCC(=O)NCC(=O)OC. The van der Waals surface area contributed by atoms with Gasteiger partial charge >= 0.3 is 12.1 Å². The number of methoxy groups -OCH3 is 1. The number of alkyl carbamates (subject to hydrolysis) is 1. The second-order valence-corrected chi connectivity index (χ2v) is 2.75. The van der Waals surface area contributed by atoms with Crippen LogP contribution in [-0.4, -0.2) is 44.8 Å². The molecule has 0 radical (unpaired) electrons. The minimum atomic E-state index is -0.566. The van der Waals surface area contributed by atoms with Crippen LogP contribution >= 0.6 is 0 Å². The number of carbonyl (C=O) groups excluding carboxylic acids is 3. The maximum Gasteiger partial charge on any atom is 0.407 e. The van der Waals surface area contributed by atoms with Gasteiger partial charge in [-0.15, -0.1) is 0 Å². The average molecular weight is 232 g/mol. The van der Waals surface area contributed by atoms with Gasteiger partial charge in [0.2, 0.25) is 5.91 Å². The fourth-order valence-electron chi connectivity index (χ4n) is 0.792. The molecule has 0 saturated carbocycles. The van der Waals surface area contributed by atoms with Crippen molar-refractivity contribution in [1.82, 2.24) is 10.6 Å². The summed E-state index contributed by atoms with van der Waals surface area (Å²) in [6.07, 6.45) is -0.487. The number of carbonyl (C=O) groups is 3. The summed E-state index contributed by atoms with van der Waals surface area (Å²) in [6, 6.07) is 0. The highest BCUT2D eigenvalue weighted by Crippen LogP contribution is 1.81. The van der Waals surface area contributed by atoms with Crippen LogP contribution in [0.3, 0.4) is 0 Å². The van der Waals surface area contributed by atoms with Crippen LogP contribution in [0.1, 0.15) is 13.3 Å². The summed E-state index contributed by atoms with van der Waals surface area (Å²) < 4.78 is 8.92. The zero-order valence-electron chi connectivity index (χ0n) is 9.37. The molecule has 7 nitrogen and oxygen atoms in total. The van der Waals surface area contributed by atoms with Crippen molar-refractivity contribution in [3.8, 4) is 0 Å². The zero-order valence-corrected chi connectivity index (χ0v) is 9.37. The van der Waals surface area contributed by atoms with Gasteiger partial charge in [-0.25, -0.2) is 4.79 Å². The van der Waals surface area contributed by atoms with Crippen LogP contribution in [0.15, 0.2) is 0 Å². The predicted octanol–water partition coefficient (Wildman–Crippen LogP) is -0.588. The van der Waals surface area contributed by atoms with Crippen molar-refractivity contribution in [2.45, 2.75) is 13.3 Å². The van der Waals surface area contributed by atoms with Gasteiger partial charge in [-0.1, -0.05) is 0 Å². The van der Waals surface area contributed by atoms with Gasteiger partial charge in [0.25, 0.3) is 0 Å². The number of amides is 2. The summed E-state index contributed by atoms with van der Waals surface area (Å²) in [4.78, 5) is 32.5. The molecule has 2 amide bonds. The molecule has 0 aliphatic carbocycles. The lowest BCUT2D eigenvalue weighted by Gasteiger charge is -2.05. The maximum atomic E-state index is 11.1. The van der Waals surface area contributed by atoms with Crippen LogP contribution in [-0.2, 0) is 19.1 Å². The van der Waals surface area contributed by atoms with Crippen molar-refractivity contribution in [1.29, 1.82) is 0 Å². The van der Waals surface area contributed by atoms with E-state index < -0.39 is 12.1 Å². The lowest BCUT2D eigenvalue weighted by molar-refractivity contribution is -0.141. The highest BCUT2D eigenvalue weighted by atomic mass is 16.5. The van der Waals surface area contributed by atoms with Gasteiger partial charge in [-0.3, -0.25) is 9.59 Å². The Hall–Kier alpha value is -1.79. The monoisotopic (exact) mass is 232 g/mol. The first-order valence-electron chi connectivity index (χ1n) is 4.84. The van der Waals surface area contributed by atoms with Crippen molar-refractivity contribution in [3.63, 3.8) is 0 Å². The van der Waals surface area contributed by atoms with E-state index >= 15 is 0 Å². The summed E-state index contributed by atoms with van der Waals surface area (Å²) >= 11 is 0. The van der Waals surface area contributed by atoms with Crippen LogP contribution in [0.2, 0.25) is 0 Å². The van der Waals surface area contributed by atoms with Gasteiger partial charge in [0, 0.05) is 13.0 Å². The van der Waals surface area contributed by atoms with E-state index in [0.29, 0.717) is 0 Å². The molecule has 0 aliphatic heterocycles. The van der Waals surface area contributed by atoms with E-state index in [1.807, 2.05) is 0 Å². The molecule has 92 valence electrons. The van der Waals surface area contributed by atoms with Crippen molar-refractivity contribution >= 4 is 18.0 Å². The van der Waals surface area contributed by atoms with E-state index in [2.05, 4.69) is 20.1 Å². The lowest BCUT2D eigenvalue weighted by atomic mass is 10.4. The molecule has 0 rings (SSSR count). The minimum Gasteiger partial charge on any atom is -0.468 e. The Balaban J connectivity index is 3.51. The smallest absolute Gasteiger partial charge is 0.407 e. The Morgan fingerprint density at radius 1 is 1.19 bits per heavy atom. The van der Waals surface area contributed by atoms with E-state index in [1.54, 1.807) is 6.92 Å². The van der Waals surface area contributed by atoms with Crippen molar-refractivity contribution in [2.75, 3.05) is 26.8 Å². The number of rotatable bonds is 6. The first kappa shape index (κ1) is 14.2. The third kappa shape index (κ3) is 7.60. The molecule has 0 fully saturated rings. The zero-order chi connectivity index (χ0) is 12.4. The summed E-state index contributed by atoms with van der Waals surface area (Å²) in [5.74, 6) is -0.867. The van der Waals surface area contributed by atoms with Gasteiger partial charge in [0.05, 0.1) is 13.7 Å². The third-order valence-electron chi connectivity index (χ3n) is 1.55. The highest BCUT2D eigenvalue weighted by molar-refractivity contribution is 5.82. The lowest BCUT2D eigenvalue weighted by Crippen LogP contribution is -2.33. The number of hydrogen-bond donors (Lipinski definition) is 2. The Morgan fingerprint density at radius 3 is 2.44 bits per heavy atom. The first-order valence-corrected chi connectivity index (χ1v) is 4.84. The molecule has 0 aliphatic rings. The predicted molar refractivity (Wildman–Crippen MR) is 54.7 cm³/mol. The van der Waals surface area contributed by atoms with E-state index in [4.69, 9.17) is 0 Å². The van der Waals surface area contributed by atoms with Crippen molar-refractivity contribution in [3.05, 3.63) is 0 Å².